The Bertz CT molecular complexity index is 907. The monoisotopic (exact) mass is 434 g/mol. The Morgan fingerprint density at radius 1 is 1.00 bits per heavy atom. The zero-order chi connectivity index (χ0) is 22.4. The van der Waals surface area contributed by atoms with Crippen LogP contribution in [0.4, 0.5) is 13.2 Å². The molecule has 4 rings (SSSR count). The molecule has 2 amide bonds. The van der Waals surface area contributed by atoms with E-state index < -0.39 is 11.7 Å². The Kier molecular flexibility index (Phi) is 7.20. The first-order valence-electron chi connectivity index (χ1n) is 10.2. The summed E-state index contributed by atoms with van der Waals surface area (Å²) in [6, 6.07) is 10.5. The maximum absolute atomic E-state index is 12.6. The van der Waals surface area contributed by atoms with E-state index in [0.29, 0.717) is 31.0 Å². The van der Waals surface area contributed by atoms with Gasteiger partial charge in [0.2, 0.25) is 12.3 Å². The van der Waals surface area contributed by atoms with Gasteiger partial charge in [-0.25, -0.2) is 0 Å². The average molecular weight is 434 g/mol. The van der Waals surface area contributed by atoms with Gasteiger partial charge in [-0.2, -0.15) is 13.2 Å². The first-order chi connectivity index (χ1) is 14.8. The predicted octanol–water partition coefficient (Wildman–Crippen LogP) is 4.35. The van der Waals surface area contributed by atoms with Crippen LogP contribution in [-0.2, 0) is 22.3 Å². The Hall–Kier alpha value is -3.03. The van der Waals surface area contributed by atoms with Gasteiger partial charge in [-0.3, -0.25) is 9.59 Å². The molecule has 5 nitrogen and oxygen atoms in total. The SMILES string of the molecule is CC(=O)N1CCCC1.O=CN1CCOc2ccc(-c3ccc(C(F)(F)F)cc3)cc2C1. The van der Waals surface area contributed by atoms with Gasteiger partial charge < -0.3 is 14.5 Å². The largest absolute Gasteiger partial charge is 0.491 e. The minimum absolute atomic E-state index is 0.225. The molecule has 2 aromatic carbocycles. The molecule has 8 heteroatoms. The van der Waals surface area contributed by atoms with Crippen LogP contribution in [0.15, 0.2) is 42.5 Å². The summed E-state index contributed by atoms with van der Waals surface area (Å²) in [5.41, 5.74) is 1.63. The Morgan fingerprint density at radius 3 is 2.19 bits per heavy atom. The second kappa shape index (κ2) is 9.85. The zero-order valence-electron chi connectivity index (χ0n) is 17.3. The van der Waals surface area contributed by atoms with Crippen molar-refractivity contribution in [3.8, 4) is 16.9 Å². The number of carbonyl (C=O) groups is 2. The van der Waals surface area contributed by atoms with Crippen LogP contribution in [0.2, 0.25) is 0 Å². The van der Waals surface area contributed by atoms with E-state index in [1.54, 1.807) is 24.0 Å². The molecule has 166 valence electrons. The molecule has 2 aliphatic rings. The number of fused-ring (bicyclic) bond motifs is 1. The number of nitrogens with zero attached hydrogens (tertiary/aromatic N) is 2. The minimum atomic E-state index is -4.34. The summed E-state index contributed by atoms with van der Waals surface area (Å²) in [5, 5.41) is 0. The molecule has 0 spiro atoms. The Labute approximate surface area is 179 Å². The molecule has 0 N–H and O–H groups in total. The first-order valence-corrected chi connectivity index (χ1v) is 10.2. The van der Waals surface area contributed by atoms with E-state index in [9.17, 15) is 22.8 Å². The van der Waals surface area contributed by atoms with Gasteiger partial charge in [-0.15, -0.1) is 0 Å². The maximum Gasteiger partial charge on any atom is 0.416 e. The second-order valence-corrected chi connectivity index (χ2v) is 7.54. The summed E-state index contributed by atoms with van der Waals surface area (Å²) in [7, 11) is 0. The van der Waals surface area contributed by atoms with Crippen LogP contribution in [-0.4, -0.2) is 48.4 Å². The summed E-state index contributed by atoms with van der Waals surface area (Å²) in [4.78, 5) is 25.0. The van der Waals surface area contributed by atoms with Crippen molar-refractivity contribution >= 4 is 12.3 Å². The van der Waals surface area contributed by atoms with Gasteiger partial charge in [-0.1, -0.05) is 18.2 Å². The predicted molar refractivity (Wildman–Crippen MR) is 110 cm³/mol. The number of alkyl halides is 3. The average Bonchev–Trinajstić information content (AvgIpc) is 3.21. The van der Waals surface area contributed by atoms with E-state index in [0.717, 1.165) is 42.8 Å². The van der Waals surface area contributed by atoms with Gasteiger partial charge in [0, 0.05) is 32.1 Å². The molecule has 0 aromatic heterocycles. The fourth-order valence-corrected chi connectivity index (χ4v) is 3.57. The van der Waals surface area contributed by atoms with E-state index in [1.165, 1.54) is 25.0 Å². The quantitative estimate of drug-likeness (QED) is 0.661. The number of halogens is 3. The summed E-state index contributed by atoms with van der Waals surface area (Å²) in [6.45, 7) is 4.95. The number of hydrogen-bond donors (Lipinski definition) is 0. The van der Waals surface area contributed by atoms with Crippen molar-refractivity contribution < 1.29 is 27.5 Å². The van der Waals surface area contributed by atoms with Crippen LogP contribution in [0.1, 0.15) is 30.9 Å². The van der Waals surface area contributed by atoms with Crippen molar-refractivity contribution in [1.82, 2.24) is 9.80 Å². The summed E-state index contributed by atoms with van der Waals surface area (Å²) < 4.78 is 43.4. The molecule has 0 bridgehead atoms. The number of rotatable bonds is 2. The molecule has 1 fully saturated rings. The fraction of sp³-hybridized carbons (Fsp3) is 0.391. The number of hydrogen-bond acceptors (Lipinski definition) is 3. The van der Waals surface area contributed by atoms with Gasteiger partial charge >= 0.3 is 6.18 Å². The highest BCUT2D eigenvalue weighted by molar-refractivity contribution is 5.73. The highest BCUT2D eigenvalue weighted by Gasteiger charge is 2.30. The standard InChI is InChI=1S/C17H14F3NO2.C6H11NO/c18-17(19,20)15-4-1-12(2-5-15)13-3-6-16-14(9-13)10-21(11-22)7-8-23-16;1-6(8)7-4-2-3-5-7/h1-6,9,11H,7-8,10H2;2-5H2,1H3. The van der Waals surface area contributed by atoms with Gasteiger partial charge in [0.25, 0.3) is 0 Å². The van der Waals surface area contributed by atoms with Gasteiger partial charge in [-0.05, 0) is 48.2 Å². The minimum Gasteiger partial charge on any atom is -0.491 e. The van der Waals surface area contributed by atoms with Gasteiger partial charge in [0.1, 0.15) is 12.4 Å². The number of amides is 2. The van der Waals surface area contributed by atoms with E-state index in [-0.39, 0.29) is 5.91 Å². The topological polar surface area (TPSA) is 49.9 Å². The summed E-state index contributed by atoms with van der Waals surface area (Å²) in [5.74, 6) is 0.924. The lowest BCUT2D eigenvalue weighted by molar-refractivity contribution is -0.137. The van der Waals surface area contributed by atoms with Crippen LogP contribution in [0, 0.1) is 0 Å². The van der Waals surface area contributed by atoms with E-state index >= 15 is 0 Å². The number of likely N-dealkylation sites (tertiary alicyclic amines) is 1. The van der Waals surface area contributed by atoms with Crippen LogP contribution in [0.3, 0.4) is 0 Å². The second-order valence-electron chi connectivity index (χ2n) is 7.54. The third-order valence-corrected chi connectivity index (χ3v) is 5.32. The van der Waals surface area contributed by atoms with Gasteiger partial charge in [0.15, 0.2) is 0 Å². The van der Waals surface area contributed by atoms with E-state index in [4.69, 9.17) is 4.74 Å². The lowest BCUT2D eigenvalue weighted by Gasteiger charge is -2.13. The molecule has 1 saturated heterocycles. The van der Waals surface area contributed by atoms with Crippen LogP contribution in [0.25, 0.3) is 11.1 Å². The molecule has 0 aliphatic carbocycles. The molecule has 0 saturated carbocycles. The van der Waals surface area contributed by atoms with Crippen LogP contribution >= 0.6 is 0 Å². The fourth-order valence-electron chi connectivity index (χ4n) is 3.57. The third kappa shape index (κ3) is 5.99. The van der Waals surface area contributed by atoms with Gasteiger partial charge in [0.05, 0.1) is 12.1 Å². The number of ether oxygens (including phenoxy) is 1. The Balaban J connectivity index is 0.000000287. The van der Waals surface area contributed by atoms with Crippen molar-refractivity contribution in [1.29, 1.82) is 0 Å². The summed E-state index contributed by atoms with van der Waals surface area (Å²) >= 11 is 0. The first kappa shape index (κ1) is 22.7. The summed E-state index contributed by atoms with van der Waals surface area (Å²) in [6.07, 6.45) is -1.19. The van der Waals surface area contributed by atoms with Crippen LogP contribution in [0.5, 0.6) is 5.75 Å². The van der Waals surface area contributed by atoms with Crippen molar-refractivity contribution in [3.63, 3.8) is 0 Å². The molecular weight excluding hydrogens is 409 g/mol. The zero-order valence-corrected chi connectivity index (χ0v) is 17.3. The van der Waals surface area contributed by atoms with Crippen molar-refractivity contribution in [2.45, 2.75) is 32.5 Å². The third-order valence-electron chi connectivity index (χ3n) is 5.32. The van der Waals surface area contributed by atoms with E-state index in [2.05, 4.69) is 0 Å². The molecule has 0 radical (unpaired) electrons. The van der Waals surface area contributed by atoms with Crippen molar-refractivity contribution in [2.75, 3.05) is 26.2 Å². The molecule has 0 unspecified atom stereocenters. The lowest BCUT2D eigenvalue weighted by atomic mass is 10.0. The number of carbonyl (C=O) groups excluding carboxylic acids is 2. The molecule has 2 aliphatic heterocycles. The maximum atomic E-state index is 12.6. The number of benzene rings is 2. The molecule has 0 atom stereocenters. The van der Waals surface area contributed by atoms with E-state index in [1.807, 2.05) is 11.0 Å². The smallest absolute Gasteiger partial charge is 0.416 e. The van der Waals surface area contributed by atoms with Crippen LogP contribution < -0.4 is 4.74 Å². The lowest BCUT2D eigenvalue weighted by Crippen LogP contribution is -2.24. The molecule has 2 heterocycles. The highest BCUT2D eigenvalue weighted by Crippen LogP contribution is 2.33. The molecule has 2 aromatic rings. The highest BCUT2D eigenvalue weighted by atomic mass is 19.4. The molecular formula is C23H25F3N2O3. The normalized spacial score (nSPS) is 15.9. The van der Waals surface area contributed by atoms with Crippen molar-refractivity contribution in [2.24, 2.45) is 0 Å². The Morgan fingerprint density at radius 2 is 1.65 bits per heavy atom. The molecule has 31 heavy (non-hydrogen) atoms. The van der Waals surface area contributed by atoms with Crippen molar-refractivity contribution in [3.05, 3.63) is 53.6 Å².